The monoisotopic (exact) mass is 216 g/mol. The van der Waals surface area contributed by atoms with E-state index in [9.17, 15) is 0 Å². The molecule has 0 radical (unpaired) electrons. The summed E-state index contributed by atoms with van der Waals surface area (Å²) in [7, 11) is 2.12. The van der Waals surface area contributed by atoms with E-state index in [4.69, 9.17) is 5.26 Å². The van der Waals surface area contributed by atoms with Gasteiger partial charge in [0, 0.05) is 31.9 Å². The van der Waals surface area contributed by atoms with Gasteiger partial charge >= 0.3 is 0 Å². The minimum Gasteiger partial charge on any atom is -0.353 e. The number of anilines is 1. The van der Waals surface area contributed by atoms with E-state index in [1.165, 1.54) is 0 Å². The van der Waals surface area contributed by atoms with Crippen LogP contribution in [0.4, 0.5) is 5.82 Å². The summed E-state index contributed by atoms with van der Waals surface area (Å²) < 4.78 is 0. The van der Waals surface area contributed by atoms with Crippen LogP contribution in [0, 0.1) is 18.3 Å². The first-order valence-corrected chi connectivity index (χ1v) is 5.52. The van der Waals surface area contributed by atoms with Crippen molar-refractivity contribution in [3.8, 4) is 6.07 Å². The molecule has 0 atom stereocenters. The SMILES string of the molecule is Cc1ccc(C#N)c(N2CCN(C)CC2)n1. The van der Waals surface area contributed by atoms with Gasteiger partial charge in [-0.05, 0) is 26.1 Å². The third kappa shape index (κ3) is 2.15. The summed E-state index contributed by atoms with van der Waals surface area (Å²) in [6.07, 6.45) is 0. The van der Waals surface area contributed by atoms with Crippen LogP contribution in [0.25, 0.3) is 0 Å². The Morgan fingerprint density at radius 1 is 1.25 bits per heavy atom. The highest BCUT2D eigenvalue weighted by Crippen LogP contribution is 2.18. The lowest BCUT2D eigenvalue weighted by Crippen LogP contribution is -2.45. The first kappa shape index (κ1) is 10.9. The molecular weight excluding hydrogens is 200 g/mol. The lowest BCUT2D eigenvalue weighted by atomic mass is 10.2. The van der Waals surface area contributed by atoms with Crippen molar-refractivity contribution in [3.05, 3.63) is 23.4 Å². The Kier molecular flexibility index (Phi) is 3.07. The Balaban J connectivity index is 2.26. The number of hydrogen-bond acceptors (Lipinski definition) is 4. The van der Waals surface area contributed by atoms with Gasteiger partial charge < -0.3 is 9.80 Å². The largest absolute Gasteiger partial charge is 0.353 e. The molecule has 0 aromatic carbocycles. The van der Waals surface area contributed by atoms with Gasteiger partial charge in [0.15, 0.2) is 0 Å². The van der Waals surface area contributed by atoms with Gasteiger partial charge in [-0.1, -0.05) is 0 Å². The summed E-state index contributed by atoms with van der Waals surface area (Å²) in [4.78, 5) is 8.97. The Morgan fingerprint density at radius 3 is 2.56 bits per heavy atom. The van der Waals surface area contributed by atoms with Gasteiger partial charge in [-0.25, -0.2) is 4.98 Å². The van der Waals surface area contributed by atoms with Gasteiger partial charge in [-0.3, -0.25) is 0 Å². The van der Waals surface area contributed by atoms with Crippen LogP contribution in [0.2, 0.25) is 0 Å². The van der Waals surface area contributed by atoms with E-state index < -0.39 is 0 Å². The summed E-state index contributed by atoms with van der Waals surface area (Å²) in [5.41, 5.74) is 1.64. The number of piperazine rings is 1. The molecule has 1 fully saturated rings. The number of pyridine rings is 1. The molecule has 1 saturated heterocycles. The van der Waals surface area contributed by atoms with Crippen molar-refractivity contribution in [1.29, 1.82) is 5.26 Å². The van der Waals surface area contributed by atoms with Gasteiger partial charge in [0.05, 0.1) is 5.56 Å². The fourth-order valence-electron chi connectivity index (χ4n) is 1.89. The molecule has 0 N–H and O–H groups in total. The van der Waals surface area contributed by atoms with E-state index in [0.29, 0.717) is 5.56 Å². The van der Waals surface area contributed by atoms with Crippen molar-refractivity contribution < 1.29 is 0 Å². The predicted molar refractivity (Wildman–Crippen MR) is 63.4 cm³/mol. The van der Waals surface area contributed by atoms with Crippen LogP contribution in [0.1, 0.15) is 11.3 Å². The zero-order valence-corrected chi connectivity index (χ0v) is 9.77. The van der Waals surface area contributed by atoms with Crippen LogP contribution < -0.4 is 4.90 Å². The number of hydrogen-bond donors (Lipinski definition) is 0. The van der Waals surface area contributed by atoms with Crippen molar-refractivity contribution in [1.82, 2.24) is 9.88 Å². The number of likely N-dealkylation sites (N-methyl/N-ethyl adjacent to an activating group) is 1. The molecule has 2 heterocycles. The topological polar surface area (TPSA) is 43.2 Å². The van der Waals surface area contributed by atoms with Crippen LogP contribution in [0.3, 0.4) is 0 Å². The van der Waals surface area contributed by atoms with Crippen LogP contribution in [-0.4, -0.2) is 43.1 Å². The zero-order valence-electron chi connectivity index (χ0n) is 9.77. The third-order valence-corrected chi connectivity index (χ3v) is 2.94. The number of nitrogens with zero attached hydrogens (tertiary/aromatic N) is 4. The second kappa shape index (κ2) is 4.50. The van der Waals surface area contributed by atoms with Gasteiger partial charge in [0.25, 0.3) is 0 Å². The summed E-state index contributed by atoms with van der Waals surface area (Å²) in [5.74, 6) is 0.843. The molecule has 0 amide bonds. The number of aryl methyl sites for hydroxylation is 1. The summed E-state index contributed by atoms with van der Waals surface area (Å²) in [5, 5.41) is 9.06. The number of rotatable bonds is 1. The Bertz CT molecular complexity index is 414. The lowest BCUT2D eigenvalue weighted by Gasteiger charge is -2.33. The molecule has 1 aliphatic rings. The first-order valence-electron chi connectivity index (χ1n) is 5.52. The van der Waals surface area contributed by atoms with Crippen molar-refractivity contribution in [2.24, 2.45) is 0 Å². The van der Waals surface area contributed by atoms with Crippen molar-refractivity contribution in [3.63, 3.8) is 0 Å². The Labute approximate surface area is 96.1 Å². The maximum absolute atomic E-state index is 9.06. The zero-order chi connectivity index (χ0) is 11.5. The Morgan fingerprint density at radius 2 is 1.94 bits per heavy atom. The van der Waals surface area contributed by atoms with E-state index in [2.05, 4.69) is 27.9 Å². The molecule has 1 aromatic heterocycles. The average molecular weight is 216 g/mol. The molecular formula is C12H16N4. The minimum absolute atomic E-state index is 0.676. The van der Waals surface area contributed by atoms with E-state index in [1.807, 2.05) is 19.1 Å². The first-order chi connectivity index (χ1) is 7.70. The van der Waals surface area contributed by atoms with Crippen LogP contribution in [0.5, 0.6) is 0 Å². The van der Waals surface area contributed by atoms with Gasteiger partial charge in [0.2, 0.25) is 0 Å². The fraction of sp³-hybridized carbons (Fsp3) is 0.500. The highest BCUT2D eigenvalue weighted by atomic mass is 15.3. The maximum Gasteiger partial charge on any atom is 0.146 e. The average Bonchev–Trinajstić information content (AvgIpc) is 2.30. The minimum atomic E-state index is 0.676. The number of aromatic nitrogens is 1. The quantitative estimate of drug-likeness (QED) is 0.703. The molecule has 84 valence electrons. The summed E-state index contributed by atoms with van der Waals surface area (Å²) in [6, 6.07) is 5.96. The molecule has 0 saturated carbocycles. The van der Waals surface area contributed by atoms with Crippen molar-refractivity contribution in [2.45, 2.75) is 6.92 Å². The highest BCUT2D eigenvalue weighted by molar-refractivity contribution is 5.54. The van der Waals surface area contributed by atoms with Gasteiger partial charge in [-0.15, -0.1) is 0 Å². The number of nitriles is 1. The van der Waals surface area contributed by atoms with E-state index in [1.54, 1.807) is 0 Å². The van der Waals surface area contributed by atoms with E-state index in [-0.39, 0.29) is 0 Å². The normalized spacial score (nSPS) is 17.2. The predicted octanol–water partition coefficient (Wildman–Crippen LogP) is 1.01. The fourth-order valence-corrected chi connectivity index (χ4v) is 1.89. The standard InChI is InChI=1S/C12H16N4/c1-10-3-4-11(9-13)12(14-10)16-7-5-15(2)6-8-16/h3-4H,5-8H2,1-2H3. The van der Waals surface area contributed by atoms with Crippen LogP contribution >= 0.6 is 0 Å². The molecule has 4 nitrogen and oxygen atoms in total. The Hall–Kier alpha value is -1.60. The molecule has 1 aromatic rings. The van der Waals surface area contributed by atoms with Crippen molar-refractivity contribution in [2.75, 3.05) is 38.1 Å². The molecule has 4 heteroatoms. The summed E-state index contributed by atoms with van der Waals surface area (Å²) >= 11 is 0. The molecule has 0 aliphatic carbocycles. The molecule has 1 aliphatic heterocycles. The molecule has 0 spiro atoms. The molecule has 16 heavy (non-hydrogen) atoms. The molecule has 0 bridgehead atoms. The third-order valence-electron chi connectivity index (χ3n) is 2.94. The smallest absolute Gasteiger partial charge is 0.146 e. The van der Waals surface area contributed by atoms with Gasteiger partial charge in [0.1, 0.15) is 11.9 Å². The second-order valence-corrected chi connectivity index (χ2v) is 4.23. The summed E-state index contributed by atoms with van der Waals surface area (Å²) in [6.45, 7) is 5.91. The van der Waals surface area contributed by atoms with Crippen LogP contribution in [0.15, 0.2) is 12.1 Å². The van der Waals surface area contributed by atoms with Gasteiger partial charge in [-0.2, -0.15) is 5.26 Å². The highest BCUT2D eigenvalue weighted by Gasteiger charge is 2.18. The lowest BCUT2D eigenvalue weighted by molar-refractivity contribution is 0.312. The molecule has 0 unspecified atom stereocenters. The van der Waals surface area contributed by atoms with Crippen molar-refractivity contribution >= 4 is 5.82 Å². The van der Waals surface area contributed by atoms with E-state index >= 15 is 0 Å². The van der Waals surface area contributed by atoms with E-state index in [0.717, 1.165) is 37.7 Å². The second-order valence-electron chi connectivity index (χ2n) is 4.23. The molecule has 2 rings (SSSR count). The van der Waals surface area contributed by atoms with Crippen LogP contribution in [-0.2, 0) is 0 Å². The maximum atomic E-state index is 9.06.